The van der Waals surface area contributed by atoms with Crippen LogP contribution in [0.2, 0.25) is 0 Å². The zero-order valence-corrected chi connectivity index (χ0v) is 14.3. The quantitative estimate of drug-likeness (QED) is 0.453. The summed E-state index contributed by atoms with van der Waals surface area (Å²) in [6, 6.07) is 0. The van der Waals surface area contributed by atoms with Gasteiger partial charge < -0.3 is 30.3 Å². The molecule has 1 aliphatic heterocycles. The number of ether oxygens (including phenoxy) is 2. The Labute approximate surface area is 141 Å². The van der Waals surface area contributed by atoms with Crippen LogP contribution in [0.1, 0.15) is 0 Å². The van der Waals surface area contributed by atoms with Crippen LogP contribution in [0.25, 0.3) is 11.2 Å². The van der Waals surface area contributed by atoms with Gasteiger partial charge in [0.2, 0.25) is 0 Å². The van der Waals surface area contributed by atoms with Crippen LogP contribution in [0, 0.1) is 0 Å². The molecule has 13 heteroatoms. The average molecular weight is 375 g/mol. The second-order valence-electron chi connectivity index (χ2n) is 5.56. The Morgan fingerprint density at radius 1 is 1.48 bits per heavy atom. The lowest BCUT2D eigenvalue weighted by Crippen LogP contribution is -2.48. The zero-order chi connectivity index (χ0) is 18.4. The summed E-state index contributed by atoms with van der Waals surface area (Å²) in [6.07, 6.45) is -1.36. The van der Waals surface area contributed by atoms with Gasteiger partial charge in [-0.1, -0.05) is 0 Å². The third kappa shape index (κ3) is 2.91. The molecular weight excluding hydrogens is 357 g/mol. The molecule has 5 atom stereocenters. The van der Waals surface area contributed by atoms with Crippen molar-refractivity contribution in [2.24, 2.45) is 0 Å². The fraction of sp³-hybridized carbons (Fsp3) is 0.583. The first-order valence-corrected chi connectivity index (χ1v) is 9.20. The van der Waals surface area contributed by atoms with Crippen molar-refractivity contribution >= 4 is 24.6 Å². The minimum Gasteiger partial charge on any atom is -0.394 e. The molecule has 0 aromatic carbocycles. The molecule has 0 saturated carbocycles. The molecule has 2 aromatic heterocycles. The molecule has 0 radical (unpaired) electrons. The smallest absolute Gasteiger partial charge is 0.329 e. The topological polar surface area (TPSA) is 175 Å². The summed E-state index contributed by atoms with van der Waals surface area (Å²) >= 11 is 0. The average Bonchev–Trinajstić information content (AvgIpc) is 3.07. The van der Waals surface area contributed by atoms with E-state index in [0.717, 1.165) is 6.66 Å². The van der Waals surface area contributed by atoms with Crippen LogP contribution in [-0.2, 0) is 24.5 Å². The molecule has 1 fully saturated rings. The van der Waals surface area contributed by atoms with Crippen molar-refractivity contribution in [3.05, 3.63) is 12.7 Å². The second-order valence-corrected chi connectivity index (χ2v) is 7.34. The number of nitrogens with zero attached hydrogens (tertiary/aromatic N) is 4. The van der Waals surface area contributed by atoms with Crippen LogP contribution in [0.5, 0.6) is 0 Å². The molecule has 5 N–H and O–H groups in total. The summed E-state index contributed by atoms with van der Waals surface area (Å²) in [6.45, 7) is 0.376. The van der Waals surface area contributed by atoms with Gasteiger partial charge in [0, 0.05) is 13.8 Å². The summed E-state index contributed by atoms with van der Waals surface area (Å²) in [5.74, 6) is -2.02. The van der Waals surface area contributed by atoms with E-state index in [-0.39, 0.29) is 17.0 Å². The fourth-order valence-corrected chi connectivity index (χ4v) is 3.55. The van der Waals surface area contributed by atoms with E-state index >= 15 is 0 Å². The van der Waals surface area contributed by atoms with Crippen LogP contribution in [0.15, 0.2) is 12.7 Å². The lowest BCUT2D eigenvalue weighted by Gasteiger charge is -2.35. The number of nitrogen functional groups attached to an aromatic ring is 1. The molecule has 0 spiro atoms. The maximum absolute atomic E-state index is 12.0. The maximum Gasteiger partial charge on any atom is 0.329 e. The van der Waals surface area contributed by atoms with Crippen LogP contribution < -0.4 is 5.73 Å². The van der Waals surface area contributed by atoms with E-state index < -0.39 is 38.4 Å². The maximum atomic E-state index is 12.0. The van der Waals surface area contributed by atoms with Gasteiger partial charge in [-0.3, -0.25) is 13.7 Å². The first-order valence-electron chi connectivity index (χ1n) is 7.18. The van der Waals surface area contributed by atoms with Gasteiger partial charge in [-0.2, -0.15) is 0 Å². The number of anilines is 1. The van der Waals surface area contributed by atoms with Gasteiger partial charge in [0.15, 0.2) is 17.6 Å². The van der Waals surface area contributed by atoms with E-state index in [0.29, 0.717) is 0 Å². The number of aliphatic hydroxyl groups excluding tert-OH is 2. The van der Waals surface area contributed by atoms with Crippen molar-refractivity contribution < 1.29 is 33.7 Å². The summed E-state index contributed by atoms with van der Waals surface area (Å²) in [7, 11) is -2.89. The lowest BCUT2D eigenvalue weighted by atomic mass is 10.1. The van der Waals surface area contributed by atoms with Gasteiger partial charge in [-0.05, 0) is 0 Å². The van der Waals surface area contributed by atoms with E-state index in [9.17, 15) is 19.7 Å². The Morgan fingerprint density at radius 2 is 2.20 bits per heavy atom. The Kier molecular flexibility index (Phi) is 4.54. The number of nitrogens with two attached hydrogens (primary N) is 1. The number of aromatic nitrogens is 4. The second kappa shape index (κ2) is 6.25. The van der Waals surface area contributed by atoms with Gasteiger partial charge in [0.25, 0.3) is 5.91 Å². The van der Waals surface area contributed by atoms with Crippen molar-refractivity contribution in [3.63, 3.8) is 0 Å². The number of fused-ring (bicyclic) bond motifs is 1. The molecule has 0 aliphatic carbocycles. The minimum atomic E-state index is -4.15. The predicted molar refractivity (Wildman–Crippen MR) is 83.3 cm³/mol. The minimum absolute atomic E-state index is 0.0776. The molecule has 3 rings (SSSR count). The SMILES string of the molecule is CO[C@@H]1[C@H](O)[C@@H](CO)O[C@@]1(OP(C)(=O)O)n1cnc2c(N)ncnc21. The van der Waals surface area contributed by atoms with Crippen molar-refractivity contribution in [3.8, 4) is 0 Å². The highest BCUT2D eigenvalue weighted by Crippen LogP contribution is 2.51. The van der Waals surface area contributed by atoms with E-state index in [4.69, 9.17) is 19.7 Å². The van der Waals surface area contributed by atoms with Gasteiger partial charge >= 0.3 is 7.60 Å². The first-order chi connectivity index (χ1) is 11.7. The Bertz CT molecular complexity index is 825. The van der Waals surface area contributed by atoms with Gasteiger partial charge in [0.05, 0.1) is 6.61 Å². The molecule has 1 saturated heterocycles. The third-order valence-corrected chi connectivity index (χ3v) is 4.40. The standard InChI is InChI=1S/C12H18N5O7P/c1-22-9-8(19)6(3-18)23-12(9,24-25(2,20)21)17-5-16-7-10(13)14-4-15-11(7)17/h4-6,8-9,18-19H,3H2,1-2H3,(H,20,21)(H2,13,14,15)/t6-,8-,9-,12+/m1/s1. The molecule has 12 nitrogen and oxygen atoms in total. The van der Waals surface area contributed by atoms with Gasteiger partial charge in [0.1, 0.15) is 30.4 Å². The van der Waals surface area contributed by atoms with E-state index in [1.165, 1.54) is 24.3 Å². The number of aliphatic hydroxyl groups is 2. The number of hydrogen-bond acceptors (Lipinski definition) is 10. The van der Waals surface area contributed by atoms with Crippen molar-refractivity contribution in [1.29, 1.82) is 0 Å². The molecular formula is C12H18N5O7P. The third-order valence-electron chi connectivity index (χ3n) is 3.80. The van der Waals surface area contributed by atoms with Crippen molar-refractivity contribution in [2.75, 3.05) is 26.1 Å². The summed E-state index contributed by atoms with van der Waals surface area (Å²) in [4.78, 5) is 21.7. The highest BCUT2D eigenvalue weighted by atomic mass is 31.2. The summed E-state index contributed by atoms with van der Waals surface area (Å²) in [5.41, 5.74) is 6.09. The number of rotatable bonds is 5. The molecule has 0 bridgehead atoms. The molecule has 0 amide bonds. The summed E-state index contributed by atoms with van der Waals surface area (Å²) < 4.78 is 29.4. The van der Waals surface area contributed by atoms with Crippen LogP contribution in [0.4, 0.5) is 5.82 Å². The monoisotopic (exact) mass is 375 g/mol. The number of methoxy groups -OCH3 is 1. The predicted octanol–water partition coefficient (Wildman–Crippen LogP) is -1.38. The van der Waals surface area contributed by atoms with Gasteiger partial charge in [-0.25, -0.2) is 15.0 Å². The molecule has 1 unspecified atom stereocenters. The van der Waals surface area contributed by atoms with E-state index in [1.54, 1.807) is 0 Å². The van der Waals surface area contributed by atoms with Gasteiger partial charge in [-0.15, -0.1) is 0 Å². The Hall–Kier alpha value is -1.66. The Morgan fingerprint density at radius 3 is 2.80 bits per heavy atom. The van der Waals surface area contributed by atoms with E-state index in [2.05, 4.69) is 15.0 Å². The molecule has 138 valence electrons. The lowest BCUT2D eigenvalue weighted by molar-refractivity contribution is -0.275. The Balaban J connectivity index is 2.24. The highest BCUT2D eigenvalue weighted by Gasteiger charge is 2.60. The normalized spacial score (nSPS) is 32.1. The van der Waals surface area contributed by atoms with E-state index in [1.807, 2.05) is 0 Å². The largest absolute Gasteiger partial charge is 0.394 e. The van der Waals surface area contributed by atoms with Crippen molar-refractivity contribution in [2.45, 2.75) is 24.2 Å². The zero-order valence-electron chi connectivity index (χ0n) is 13.4. The molecule has 1 aliphatic rings. The molecule has 25 heavy (non-hydrogen) atoms. The molecule has 2 aromatic rings. The van der Waals surface area contributed by atoms with Crippen LogP contribution in [0.3, 0.4) is 0 Å². The number of hydrogen-bond donors (Lipinski definition) is 4. The summed E-state index contributed by atoms with van der Waals surface area (Å²) in [5, 5.41) is 19.8. The fourth-order valence-electron chi connectivity index (χ4n) is 2.83. The van der Waals surface area contributed by atoms with Crippen LogP contribution in [-0.4, -0.2) is 73.3 Å². The van der Waals surface area contributed by atoms with Crippen molar-refractivity contribution in [1.82, 2.24) is 19.5 Å². The highest BCUT2D eigenvalue weighted by molar-refractivity contribution is 7.51. The first kappa shape index (κ1) is 18.1. The number of imidazole rings is 1. The van der Waals surface area contributed by atoms with Crippen LogP contribution >= 0.6 is 7.60 Å². The molecule has 3 heterocycles.